The van der Waals surface area contributed by atoms with Crippen LogP contribution in [0.5, 0.6) is 0 Å². The van der Waals surface area contributed by atoms with Crippen molar-refractivity contribution < 1.29 is 22.7 Å². The fraction of sp³-hybridized carbons (Fsp3) is 0.765. The number of hydrogen-bond acceptors (Lipinski definition) is 3. The highest BCUT2D eigenvalue weighted by Crippen LogP contribution is 2.30. The first-order valence-electron chi connectivity index (χ1n) is 8.96. The molecule has 2 fully saturated rings. The molecule has 2 aliphatic heterocycles. The Morgan fingerprint density at radius 3 is 2.58 bits per heavy atom. The van der Waals surface area contributed by atoms with Crippen molar-refractivity contribution in [2.24, 2.45) is 0 Å². The molecular formula is C17H25F3N4O2. The lowest BCUT2D eigenvalue weighted by Crippen LogP contribution is -2.51. The maximum absolute atomic E-state index is 12.7. The largest absolute Gasteiger partial charge is 0.435 e. The zero-order valence-corrected chi connectivity index (χ0v) is 15.1. The van der Waals surface area contributed by atoms with Crippen molar-refractivity contribution in [2.75, 3.05) is 19.7 Å². The molecule has 1 aromatic heterocycles. The Hall–Kier alpha value is -1.77. The normalized spacial score (nSPS) is 24.5. The van der Waals surface area contributed by atoms with Crippen LogP contribution in [0.4, 0.5) is 18.0 Å². The Morgan fingerprint density at radius 2 is 2.00 bits per heavy atom. The summed E-state index contributed by atoms with van der Waals surface area (Å²) in [4.78, 5) is 14.2. The van der Waals surface area contributed by atoms with Crippen LogP contribution in [0.1, 0.15) is 51.3 Å². The Labute approximate surface area is 150 Å². The third-order valence-corrected chi connectivity index (χ3v) is 5.05. The van der Waals surface area contributed by atoms with Gasteiger partial charge in [-0.25, -0.2) is 4.79 Å². The Bertz CT molecular complexity index is 636. The van der Waals surface area contributed by atoms with E-state index < -0.39 is 11.9 Å². The third-order valence-electron chi connectivity index (χ3n) is 5.05. The lowest BCUT2D eigenvalue weighted by molar-refractivity contribution is -0.141. The minimum atomic E-state index is -4.43. The van der Waals surface area contributed by atoms with Crippen LogP contribution in [0, 0.1) is 0 Å². The molecule has 0 aromatic carbocycles. The minimum Gasteiger partial charge on any atom is -0.375 e. The van der Waals surface area contributed by atoms with E-state index >= 15 is 0 Å². The summed E-state index contributed by atoms with van der Waals surface area (Å²) in [5, 5.41) is 6.70. The van der Waals surface area contributed by atoms with E-state index in [1.54, 1.807) is 4.90 Å². The number of rotatable bonds is 2. The molecule has 2 amide bonds. The van der Waals surface area contributed by atoms with E-state index in [4.69, 9.17) is 4.74 Å². The molecule has 3 heterocycles. The van der Waals surface area contributed by atoms with Crippen LogP contribution in [-0.2, 0) is 10.9 Å². The predicted octanol–water partition coefficient (Wildman–Crippen LogP) is 3.21. The molecule has 0 saturated carbocycles. The molecule has 0 radical (unpaired) electrons. The fourth-order valence-electron chi connectivity index (χ4n) is 3.65. The highest BCUT2D eigenvalue weighted by Gasteiger charge is 2.35. The molecular weight excluding hydrogens is 349 g/mol. The van der Waals surface area contributed by atoms with Gasteiger partial charge >= 0.3 is 12.2 Å². The molecule has 26 heavy (non-hydrogen) atoms. The summed E-state index contributed by atoms with van der Waals surface area (Å²) in [7, 11) is 0. The van der Waals surface area contributed by atoms with Crippen molar-refractivity contribution in [3.63, 3.8) is 0 Å². The van der Waals surface area contributed by atoms with Crippen molar-refractivity contribution in [1.29, 1.82) is 0 Å². The highest BCUT2D eigenvalue weighted by molar-refractivity contribution is 5.74. The molecule has 0 spiro atoms. The Morgan fingerprint density at radius 1 is 1.31 bits per heavy atom. The van der Waals surface area contributed by atoms with Gasteiger partial charge in [-0.1, -0.05) is 0 Å². The first kappa shape index (κ1) is 19.0. The molecule has 0 aliphatic carbocycles. The van der Waals surface area contributed by atoms with Crippen LogP contribution in [0.2, 0.25) is 0 Å². The van der Waals surface area contributed by atoms with Gasteiger partial charge in [0.15, 0.2) is 5.69 Å². The van der Waals surface area contributed by atoms with Crippen molar-refractivity contribution in [3.8, 4) is 0 Å². The molecule has 9 heteroatoms. The second kappa shape index (κ2) is 7.09. The highest BCUT2D eigenvalue weighted by atomic mass is 19.4. The number of ether oxygens (including phenoxy) is 1. The molecule has 1 N–H and O–H groups in total. The van der Waals surface area contributed by atoms with E-state index in [0.29, 0.717) is 32.5 Å². The third kappa shape index (κ3) is 4.49. The van der Waals surface area contributed by atoms with Crippen LogP contribution in [0.3, 0.4) is 0 Å². The SMILES string of the molecule is CC1(C)CC(NC(=O)N2CCC(n3ccc(C(F)(F)F)n3)CC2)CCO1. The number of likely N-dealkylation sites (tertiary alicyclic amines) is 1. The van der Waals surface area contributed by atoms with Crippen molar-refractivity contribution in [2.45, 2.75) is 63.4 Å². The average Bonchev–Trinajstić information content (AvgIpc) is 3.04. The molecule has 0 bridgehead atoms. The maximum Gasteiger partial charge on any atom is 0.435 e. The number of aromatic nitrogens is 2. The van der Waals surface area contributed by atoms with E-state index in [2.05, 4.69) is 10.4 Å². The summed E-state index contributed by atoms with van der Waals surface area (Å²) >= 11 is 0. The number of nitrogens with zero attached hydrogens (tertiary/aromatic N) is 3. The lowest BCUT2D eigenvalue weighted by Gasteiger charge is -2.38. The van der Waals surface area contributed by atoms with E-state index in [1.807, 2.05) is 13.8 Å². The second-order valence-electron chi connectivity index (χ2n) is 7.64. The molecule has 1 aromatic rings. The van der Waals surface area contributed by atoms with Gasteiger partial charge in [-0.05, 0) is 45.6 Å². The molecule has 1 atom stereocenters. The number of carbonyl (C=O) groups excluding carboxylic acids is 1. The minimum absolute atomic E-state index is 0.0874. The fourth-order valence-corrected chi connectivity index (χ4v) is 3.65. The predicted molar refractivity (Wildman–Crippen MR) is 88.7 cm³/mol. The molecule has 3 rings (SSSR count). The second-order valence-corrected chi connectivity index (χ2v) is 7.64. The number of piperidine rings is 1. The van der Waals surface area contributed by atoms with Gasteiger partial charge < -0.3 is 15.0 Å². The van der Waals surface area contributed by atoms with Crippen LogP contribution in [0.25, 0.3) is 0 Å². The van der Waals surface area contributed by atoms with Crippen LogP contribution < -0.4 is 5.32 Å². The van der Waals surface area contributed by atoms with Crippen molar-refractivity contribution >= 4 is 6.03 Å². The van der Waals surface area contributed by atoms with E-state index in [9.17, 15) is 18.0 Å². The summed E-state index contributed by atoms with van der Waals surface area (Å²) in [6.07, 6.45) is -0.324. The average molecular weight is 374 g/mol. The van der Waals surface area contributed by atoms with Gasteiger partial charge in [0.2, 0.25) is 0 Å². The number of hydrogen-bond donors (Lipinski definition) is 1. The number of halogens is 3. The first-order chi connectivity index (χ1) is 12.1. The van der Waals surface area contributed by atoms with Gasteiger partial charge in [-0.3, -0.25) is 4.68 Å². The molecule has 6 nitrogen and oxygen atoms in total. The molecule has 146 valence electrons. The lowest BCUT2D eigenvalue weighted by atomic mass is 9.94. The molecule has 2 saturated heterocycles. The zero-order chi connectivity index (χ0) is 18.9. The maximum atomic E-state index is 12.7. The first-order valence-corrected chi connectivity index (χ1v) is 8.96. The number of urea groups is 1. The van der Waals surface area contributed by atoms with Gasteiger partial charge in [0.1, 0.15) is 0 Å². The van der Waals surface area contributed by atoms with Gasteiger partial charge in [0, 0.05) is 31.9 Å². The number of amides is 2. The monoisotopic (exact) mass is 374 g/mol. The molecule has 1 unspecified atom stereocenters. The Kier molecular flexibility index (Phi) is 5.18. The van der Waals surface area contributed by atoms with Gasteiger partial charge in [-0.2, -0.15) is 18.3 Å². The zero-order valence-electron chi connectivity index (χ0n) is 15.1. The van der Waals surface area contributed by atoms with Gasteiger partial charge in [0.05, 0.1) is 11.6 Å². The Balaban J connectivity index is 1.50. The summed E-state index contributed by atoms with van der Waals surface area (Å²) in [6, 6.07) is 0.857. The van der Waals surface area contributed by atoms with Crippen LogP contribution in [-0.4, -0.2) is 52.1 Å². The molecule has 2 aliphatic rings. The number of carbonyl (C=O) groups is 1. The summed E-state index contributed by atoms with van der Waals surface area (Å²) < 4.78 is 45.0. The van der Waals surface area contributed by atoms with Crippen molar-refractivity contribution in [3.05, 3.63) is 18.0 Å². The van der Waals surface area contributed by atoms with E-state index in [0.717, 1.165) is 18.9 Å². The number of nitrogens with one attached hydrogen (secondary N) is 1. The standard InChI is InChI=1S/C17H25F3N4O2/c1-16(2)11-12(6-10-26-16)21-15(25)23-7-3-13(4-8-23)24-9-5-14(22-24)17(18,19)20/h5,9,12-13H,3-4,6-8,10-11H2,1-2H3,(H,21,25). The van der Waals surface area contributed by atoms with Crippen LogP contribution in [0.15, 0.2) is 12.3 Å². The number of alkyl halides is 3. The van der Waals surface area contributed by atoms with Crippen LogP contribution >= 0.6 is 0 Å². The van der Waals surface area contributed by atoms with Gasteiger partial charge in [-0.15, -0.1) is 0 Å². The summed E-state index contributed by atoms with van der Waals surface area (Å²) in [6.45, 7) is 5.65. The quantitative estimate of drug-likeness (QED) is 0.865. The van der Waals surface area contributed by atoms with Crippen molar-refractivity contribution in [1.82, 2.24) is 20.0 Å². The summed E-state index contributed by atoms with van der Waals surface area (Å²) in [5.74, 6) is 0. The van der Waals surface area contributed by atoms with E-state index in [-0.39, 0.29) is 23.7 Å². The smallest absolute Gasteiger partial charge is 0.375 e. The van der Waals surface area contributed by atoms with Gasteiger partial charge in [0.25, 0.3) is 0 Å². The summed E-state index contributed by atoms with van der Waals surface area (Å²) in [5.41, 5.74) is -1.11. The van der Waals surface area contributed by atoms with E-state index in [1.165, 1.54) is 10.9 Å². The topological polar surface area (TPSA) is 59.4 Å².